The van der Waals surface area contributed by atoms with Gasteiger partial charge in [0.1, 0.15) is 5.56 Å². The van der Waals surface area contributed by atoms with E-state index in [-0.39, 0.29) is 5.69 Å². The molecule has 4 nitrogen and oxygen atoms in total. The smallest absolute Gasteiger partial charge is 0.341 e. The Hall–Kier alpha value is -1.46. The van der Waals surface area contributed by atoms with Gasteiger partial charge in [0.05, 0.1) is 5.69 Å². The lowest BCUT2D eigenvalue weighted by atomic mass is 10.2. The molecule has 0 aliphatic heterocycles. The molecule has 0 aliphatic carbocycles. The van der Waals surface area contributed by atoms with Crippen molar-refractivity contribution in [3.8, 4) is 0 Å². The van der Waals surface area contributed by atoms with Crippen LogP contribution in [0.2, 0.25) is 0 Å². The lowest BCUT2D eigenvalue weighted by Crippen LogP contribution is -2.01. The Bertz CT molecular complexity index is 308. The minimum atomic E-state index is -2.95. The molecule has 0 unspecified atom stereocenters. The molecule has 6 heteroatoms. The van der Waals surface area contributed by atoms with Crippen molar-refractivity contribution in [2.45, 2.75) is 13.3 Å². The first-order chi connectivity index (χ1) is 5.54. The van der Waals surface area contributed by atoms with Crippen LogP contribution < -0.4 is 0 Å². The molecule has 1 rings (SSSR count). The standard InChI is InChI=1S/C6H5F2NO3/c1-2-3(6(10)11)4(5(7)8)12-9-2/h5H,1H3,(H,10,11). The van der Waals surface area contributed by atoms with Crippen molar-refractivity contribution >= 4 is 5.97 Å². The lowest BCUT2D eigenvalue weighted by molar-refractivity contribution is 0.0669. The fraction of sp³-hybridized carbons (Fsp3) is 0.333. The zero-order chi connectivity index (χ0) is 9.30. The van der Waals surface area contributed by atoms with Gasteiger partial charge < -0.3 is 9.63 Å². The molecule has 0 saturated heterocycles. The Balaban J connectivity index is 3.21. The van der Waals surface area contributed by atoms with E-state index in [0.29, 0.717) is 0 Å². The monoisotopic (exact) mass is 177 g/mol. The van der Waals surface area contributed by atoms with Gasteiger partial charge in [0.15, 0.2) is 0 Å². The molecule has 0 fully saturated rings. The van der Waals surface area contributed by atoms with Crippen LogP contribution in [-0.4, -0.2) is 16.2 Å². The predicted molar refractivity (Wildman–Crippen MR) is 33.2 cm³/mol. The summed E-state index contributed by atoms with van der Waals surface area (Å²) in [5.41, 5.74) is -0.595. The first-order valence-electron chi connectivity index (χ1n) is 3.01. The number of halogens is 2. The Kier molecular flexibility index (Phi) is 2.07. The van der Waals surface area contributed by atoms with E-state index >= 15 is 0 Å². The molecule has 0 amide bonds. The number of rotatable bonds is 2. The van der Waals surface area contributed by atoms with E-state index in [0.717, 1.165) is 0 Å². The van der Waals surface area contributed by atoms with Crippen molar-refractivity contribution in [1.82, 2.24) is 5.16 Å². The quantitative estimate of drug-likeness (QED) is 0.745. The third-order valence-electron chi connectivity index (χ3n) is 1.30. The Labute approximate surface area is 65.8 Å². The summed E-state index contributed by atoms with van der Waals surface area (Å²) in [6.07, 6.45) is -2.95. The summed E-state index contributed by atoms with van der Waals surface area (Å²) in [6.45, 7) is 1.29. The highest BCUT2D eigenvalue weighted by molar-refractivity contribution is 5.89. The molecule has 0 atom stereocenters. The number of carboxylic acids is 1. The Morgan fingerprint density at radius 2 is 2.25 bits per heavy atom. The number of hydrogen-bond acceptors (Lipinski definition) is 3. The largest absolute Gasteiger partial charge is 0.477 e. The molecular formula is C6H5F2NO3. The molecule has 0 saturated carbocycles. The van der Waals surface area contributed by atoms with Gasteiger partial charge in [-0.1, -0.05) is 5.16 Å². The second kappa shape index (κ2) is 2.88. The highest BCUT2D eigenvalue weighted by Gasteiger charge is 2.26. The molecule has 0 radical (unpaired) electrons. The van der Waals surface area contributed by atoms with Crippen LogP contribution in [0.3, 0.4) is 0 Å². The highest BCUT2D eigenvalue weighted by Crippen LogP contribution is 2.24. The van der Waals surface area contributed by atoms with Crippen LogP contribution in [0.1, 0.15) is 28.2 Å². The first-order valence-corrected chi connectivity index (χ1v) is 3.01. The van der Waals surface area contributed by atoms with Crippen LogP contribution in [0.5, 0.6) is 0 Å². The molecule has 12 heavy (non-hydrogen) atoms. The predicted octanol–water partition coefficient (Wildman–Crippen LogP) is 1.62. The van der Waals surface area contributed by atoms with E-state index < -0.39 is 23.7 Å². The maximum absolute atomic E-state index is 12.0. The second-order valence-electron chi connectivity index (χ2n) is 2.11. The topological polar surface area (TPSA) is 63.3 Å². The van der Waals surface area contributed by atoms with E-state index in [2.05, 4.69) is 9.68 Å². The van der Waals surface area contributed by atoms with Gasteiger partial charge >= 0.3 is 5.97 Å². The van der Waals surface area contributed by atoms with Crippen molar-refractivity contribution in [2.24, 2.45) is 0 Å². The molecule has 0 aliphatic rings. The maximum atomic E-state index is 12.0. The number of aromatic carboxylic acids is 1. The number of hydrogen-bond donors (Lipinski definition) is 1. The molecule has 1 aromatic rings. The summed E-state index contributed by atoms with van der Waals surface area (Å²) >= 11 is 0. The van der Waals surface area contributed by atoms with E-state index in [1.807, 2.05) is 0 Å². The number of nitrogens with zero attached hydrogens (tertiary/aromatic N) is 1. The molecule has 0 spiro atoms. The number of aryl methyl sites for hydroxylation is 1. The summed E-state index contributed by atoms with van der Waals surface area (Å²) < 4.78 is 28.1. The Morgan fingerprint density at radius 3 is 2.58 bits per heavy atom. The molecule has 1 N–H and O–H groups in total. The molecule has 1 heterocycles. The van der Waals surface area contributed by atoms with Gasteiger partial charge in [0.2, 0.25) is 5.76 Å². The molecular weight excluding hydrogens is 172 g/mol. The van der Waals surface area contributed by atoms with Crippen LogP contribution >= 0.6 is 0 Å². The summed E-state index contributed by atoms with van der Waals surface area (Å²) in [6, 6.07) is 0. The third kappa shape index (κ3) is 1.27. The zero-order valence-corrected chi connectivity index (χ0v) is 6.04. The van der Waals surface area contributed by atoms with E-state index in [9.17, 15) is 13.6 Å². The fourth-order valence-corrected chi connectivity index (χ4v) is 0.796. The first kappa shape index (κ1) is 8.63. The van der Waals surface area contributed by atoms with Gasteiger partial charge in [-0.2, -0.15) is 0 Å². The number of carboxylic acid groups (broad SMARTS) is 1. The average Bonchev–Trinajstić information content (AvgIpc) is 2.30. The summed E-state index contributed by atoms with van der Waals surface area (Å²) in [5, 5.41) is 11.6. The summed E-state index contributed by atoms with van der Waals surface area (Å²) in [4.78, 5) is 10.4. The van der Waals surface area contributed by atoms with Crippen molar-refractivity contribution in [2.75, 3.05) is 0 Å². The summed E-state index contributed by atoms with van der Waals surface area (Å²) in [5.74, 6) is -2.34. The van der Waals surface area contributed by atoms with Crippen molar-refractivity contribution in [3.63, 3.8) is 0 Å². The van der Waals surface area contributed by atoms with Gasteiger partial charge in [-0.3, -0.25) is 0 Å². The lowest BCUT2D eigenvalue weighted by Gasteiger charge is -1.93. The Morgan fingerprint density at radius 1 is 1.67 bits per heavy atom. The maximum Gasteiger partial charge on any atom is 0.341 e. The number of aromatic nitrogens is 1. The van der Waals surface area contributed by atoms with E-state index in [1.54, 1.807) is 0 Å². The zero-order valence-electron chi connectivity index (χ0n) is 6.04. The normalized spacial score (nSPS) is 10.7. The number of carbonyl (C=O) groups is 1. The van der Waals surface area contributed by atoms with Crippen LogP contribution in [0.15, 0.2) is 4.52 Å². The molecule has 0 bridgehead atoms. The van der Waals surface area contributed by atoms with Gasteiger partial charge in [-0.25, -0.2) is 13.6 Å². The highest BCUT2D eigenvalue weighted by atomic mass is 19.3. The molecule has 1 aromatic heterocycles. The van der Waals surface area contributed by atoms with Crippen LogP contribution in [0, 0.1) is 6.92 Å². The van der Waals surface area contributed by atoms with Crippen LogP contribution in [0.4, 0.5) is 8.78 Å². The van der Waals surface area contributed by atoms with Gasteiger partial charge in [-0.15, -0.1) is 0 Å². The average molecular weight is 177 g/mol. The summed E-state index contributed by atoms with van der Waals surface area (Å²) in [7, 11) is 0. The van der Waals surface area contributed by atoms with Crippen LogP contribution in [-0.2, 0) is 0 Å². The van der Waals surface area contributed by atoms with Crippen LogP contribution in [0.25, 0.3) is 0 Å². The van der Waals surface area contributed by atoms with E-state index in [1.165, 1.54) is 6.92 Å². The molecule has 66 valence electrons. The minimum Gasteiger partial charge on any atom is -0.477 e. The van der Waals surface area contributed by atoms with Gasteiger partial charge in [0, 0.05) is 0 Å². The second-order valence-corrected chi connectivity index (χ2v) is 2.11. The van der Waals surface area contributed by atoms with Crippen molar-refractivity contribution in [3.05, 3.63) is 17.0 Å². The van der Waals surface area contributed by atoms with Crippen molar-refractivity contribution in [1.29, 1.82) is 0 Å². The fourth-order valence-electron chi connectivity index (χ4n) is 0.796. The van der Waals surface area contributed by atoms with E-state index in [4.69, 9.17) is 5.11 Å². The van der Waals surface area contributed by atoms with Gasteiger partial charge in [0.25, 0.3) is 6.43 Å². The van der Waals surface area contributed by atoms with Crippen molar-refractivity contribution < 1.29 is 23.2 Å². The minimum absolute atomic E-state index is 0.0437. The third-order valence-corrected chi connectivity index (χ3v) is 1.30. The number of alkyl halides is 2. The SMILES string of the molecule is Cc1noc(C(F)F)c1C(=O)O. The molecule has 0 aromatic carbocycles. The van der Waals surface area contributed by atoms with Gasteiger partial charge in [-0.05, 0) is 6.92 Å².